The highest BCUT2D eigenvalue weighted by molar-refractivity contribution is 9.11. The van der Waals surface area contributed by atoms with Crippen molar-refractivity contribution in [1.82, 2.24) is 0 Å². The van der Waals surface area contributed by atoms with Crippen LogP contribution in [0.3, 0.4) is 0 Å². The van der Waals surface area contributed by atoms with Gasteiger partial charge in [-0.1, -0.05) is 34.2 Å². The molecule has 0 rings (SSSR count). The van der Waals surface area contributed by atoms with Crippen LogP contribution in [0.5, 0.6) is 0 Å². The lowest BCUT2D eigenvalue weighted by Gasteiger charge is -1.87. The van der Waals surface area contributed by atoms with Crippen LogP contribution >= 0.6 is 15.9 Å². The molecule has 0 radical (unpaired) electrons. The van der Waals surface area contributed by atoms with E-state index in [1.807, 2.05) is 13.8 Å². The Balaban J connectivity index is 3.98. The third-order valence-electron chi connectivity index (χ3n) is 0.657. The number of hydrogen-bond acceptors (Lipinski definition) is 0. The summed E-state index contributed by atoms with van der Waals surface area (Å²) < 4.78 is 1.09. The van der Waals surface area contributed by atoms with Gasteiger partial charge in [-0.05, 0) is 13.8 Å². The number of rotatable bonds is 1. The SMILES string of the molecule is C=CC(Br)=C(C)C. The summed E-state index contributed by atoms with van der Waals surface area (Å²) in [6, 6.07) is 0. The van der Waals surface area contributed by atoms with Crippen molar-refractivity contribution < 1.29 is 0 Å². The third-order valence-corrected chi connectivity index (χ3v) is 1.77. The highest BCUT2D eigenvalue weighted by atomic mass is 79.9. The van der Waals surface area contributed by atoms with Gasteiger partial charge in [0.25, 0.3) is 0 Å². The minimum Gasteiger partial charge on any atom is -0.0979 e. The molecule has 0 aromatic rings. The lowest BCUT2D eigenvalue weighted by atomic mass is 10.3. The highest BCUT2D eigenvalue weighted by Crippen LogP contribution is 2.10. The van der Waals surface area contributed by atoms with E-state index >= 15 is 0 Å². The molecule has 0 unspecified atom stereocenters. The first-order valence-electron chi connectivity index (χ1n) is 2.14. The van der Waals surface area contributed by atoms with Crippen LogP contribution in [0.4, 0.5) is 0 Å². The third kappa shape index (κ3) is 2.63. The molecule has 0 aliphatic heterocycles. The van der Waals surface area contributed by atoms with Gasteiger partial charge in [-0.15, -0.1) is 0 Å². The van der Waals surface area contributed by atoms with Crippen molar-refractivity contribution in [3.63, 3.8) is 0 Å². The van der Waals surface area contributed by atoms with Crippen LogP contribution in [0.1, 0.15) is 13.8 Å². The van der Waals surface area contributed by atoms with Crippen molar-refractivity contribution in [2.24, 2.45) is 0 Å². The van der Waals surface area contributed by atoms with Crippen molar-refractivity contribution in [2.75, 3.05) is 0 Å². The number of allylic oxidation sites excluding steroid dienone is 3. The summed E-state index contributed by atoms with van der Waals surface area (Å²) in [7, 11) is 0. The van der Waals surface area contributed by atoms with Crippen LogP contribution < -0.4 is 0 Å². The van der Waals surface area contributed by atoms with E-state index in [1.54, 1.807) is 6.08 Å². The van der Waals surface area contributed by atoms with Gasteiger partial charge in [0.2, 0.25) is 0 Å². The van der Waals surface area contributed by atoms with E-state index in [2.05, 4.69) is 22.5 Å². The lowest BCUT2D eigenvalue weighted by Crippen LogP contribution is -1.64. The predicted octanol–water partition coefficient (Wildman–Crippen LogP) is 2.86. The average Bonchev–Trinajstić information content (AvgIpc) is 1.65. The maximum absolute atomic E-state index is 3.58. The van der Waals surface area contributed by atoms with E-state index in [-0.39, 0.29) is 0 Å². The van der Waals surface area contributed by atoms with Crippen molar-refractivity contribution in [3.8, 4) is 0 Å². The zero-order valence-corrected chi connectivity index (χ0v) is 6.25. The Morgan fingerprint density at radius 3 is 2.00 bits per heavy atom. The molecule has 0 nitrogen and oxygen atoms in total. The van der Waals surface area contributed by atoms with Crippen molar-refractivity contribution in [1.29, 1.82) is 0 Å². The highest BCUT2D eigenvalue weighted by Gasteiger charge is 1.81. The molecule has 0 fully saturated rings. The van der Waals surface area contributed by atoms with Crippen LogP contribution in [0, 0.1) is 0 Å². The van der Waals surface area contributed by atoms with Gasteiger partial charge in [0.05, 0.1) is 0 Å². The van der Waals surface area contributed by atoms with E-state index in [0.29, 0.717) is 0 Å². The molecule has 0 spiro atoms. The second-order valence-electron chi connectivity index (χ2n) is 1.55. The van der Waals surface area contributed by atoms with E-state index in [9.17, 15) is 0 Å². The van der Waals surface area contributed by atoms with Crippen LogP contribution in [-0.4, -0.2) is 0 Å². The van der Waals surface area contributed by atoms with Crippen LogP contribution in [0.15, 0.2) is 22.7 Å². The molecule has 0 saturated heterocycles. The Hall–Kier alpha value is -0.0400. The Morgan fingerprint density at radius 1 is 1.57 bits per heavy atom. The van der Waals surface area contributed by atoms with Crippen molar-refractivity contribution >= 4 is 15.9 Å². The quantitative estimate of drug-likeness (QED) is 0.518. The molecule has 40 valence electrons. The first kappa shape index (κ1) is 6.96. The van der Waals surface area contributed by atoms with Gasteiger partial charge in [0.1, 0.15) is 0 Å². The molecule has 0 atom stereocenters. The molecular formula is C6H9Br. The fraction of sp³-hybridized carbons (Fsp3) is 0.333. The second-order valence-corrected chi connectivity index (χ2v) is 2.41. The molecule has 0 heterocycles. The van der Waals surface area contributed by atoms with Crippen molar-refractivity contribution in [3.05, 3.63) is 22.7 Å². The van der Waals surface area contributed by atoms with Crippen LogP contribution in [-0.2, 0) is 0 Å². The van der Waals surface area contributed by atoms with E-state index in [4.69, 9.17) is 0 Å². The largest absolute Gasteiger partial charge is 0.0979 e. The van der Waals surface area contributed by atoms with Gasteiger partial charge in [-0.2, -0.15) is 0 Å². The van der Waals surface area contributed by atoms with E-state index < -0.39 is 0 Å². The summed E-state index contributed by atoms with van der Waals surface area (Å²) in [4.78, 5) is 0. The summed E-state index contributed by atoms with van der Waals surface area (Å²) in [6.07, 6.45) is 1.79. The molecule has 0 saturated carbocycles. The van der Waals surface area contributed by atoms with Crippen LogP contribution in [0.2, 0.25) is 0 Å². The Labute approximate surface area is 53.1 Å². The van der Waals surface area contributed by atoms with E-state index in [1.165, 1.54) is 5.57 Å². The fourth-order valence-corrected chi connectivity index (χ4v) is 0.204. The zero-order chi connectivity index (χ0) is 5.86. The molecule has 0 aliphatic rings. The average molecular weight is 161 g/mol. The molecule has 1 heteroatoms. The first-order chi connectivity index (χ1) is 3.18. The van der Waals surface area contributed by atoms with Gasteiger partial charge in [0, 0.05) is 4.48 Å². The van der Waals surface area contributed by atoms with Crippen molar-refractivity contribution in [2.45, 2.75) is 13.8 Å². The summed E-state index contributed by atoms with van der Waals surface area (Å²) in [5.74, 6) is 0. The minimum absolute atomic E-state index is 1.09. The van der Waals surface area contributed by atoms with Crippen LogP contribution in [0.25, 0.3) is 0 Å². The topological polar surface area (TPSA) is 0 Å². The summed E-state index contributed by atoms with van der Waals surface area (Å²) >= 11 is 3.30. The minimum atomic E-state index is 1.09. The summed E-state index contributed by atoms with van der Waals surface area (Å²) in [6.45, 7) is 7.64. The molecule has 0 bridgehead atoms. The maximum atomic E-state index is 3.58. The zero-order valence-electron chi connectivity index (χ0n) is 4.66. The normalized spacial score (nSPS) is 7.86. The van der Waals surface area contributed by atoms with Gasteiger partial charge >= 0.3 is 0 Å². The Morgan fingerprint density at radius 2 is 2.00 bits per heavy atom. The van der Waals surface area contributed by atoms with Gasteiger partial charge in [-0.3, -0.25) is 0 Å². The van der Waals surface area contributed by atoms with Gasteiger partial charge < -0.3 is 0 Å². The molecular weight excluding hydrogens is 152 g/mol. The standard InChI is InChI=1S/C6H9Br/c1-4-6(7)5(2)3/h4H,1H2,2-3H3. The summed E-state index contributed by atoms with van der Waals surface area (Å²) in [5, 5.41) is 0. The molecule has 7 heavy (non-hydrogen) atoms. The van der Waals surface area contributed by atoms with E-state index in [0.717, 1.165) is 4.48 Å². The molecule has 0 N–H and O–H groups in total. The molecule has 0 aliphatic carbocycles. The smallest absolute Gasteiger partial charge is 0.0155 e. The fourth-order valence-electron chi connectivity index (χ4n) is 0.204. The maximum Gasteiger partial charge on any atom is 0.0155 e. The monoisotopic (exact) mass is 160 g/mol. The Bertz CT molecular complexity index is 96.7. The first-order valence-corrected chi connectivity index (χ1v) is 2.93. The van der Waals surface area contributed by atoms with Gasteiger partial charge in [-0.25, -0.2) is 0 Å². The predicted molar refractivity (Wildman–Crippen MR) is 37.5 cm³/mol. The Kier molecular flexibility index (Phi) is 3.01. The second kappa shape index (κ2) is 3.03. The van der Waals surface area contributed by atoms with Gasteiger partial charge in [0.15, 0.2) is 0 Å². The summed E-state index contributed by atoms with van der Waals surface area (Å²) in [5.41, 5.74) is 1.26. The number of halogens is 1. The number of hydrogen-bond donors (Lipinski definition) is 0. The lowest BCUT2D eigenvalue weighted by molar-refractivity contribution is 1.39. The molecule has 0 amide bonds. The molecule has 0 aromatic heterocycles. The molecule has 0 aromatic carbocycles.